The van der Waals surface area contributed by atoms with Crippen LogP contribution in [0.3, 0.4) is 0 Å². The first kappa shape index (κ1) is 25.7. The van der Waals surface area contributed by atoms with Crippen molar-refractivity contribution in [2.45, 2.75) is 64.5 Å². The second-order valence-electron chi connectivity index (χ2n) is 8.35. The van der Waals surface area contributed by atoms with E-state index in [1.807, 2.05) is 17.9 Å². The molecule has 6 nitrogen and oxygen atoms in total. The quantitative estimate of drug-likeness (QED) is 0.262. The molecule has 1 saturated carbocycles. The largest absolute Gasteiger partial charge is 0.490 e. The molecule has 2 unspecified atom stereocenters. The van der Waals surface area contributed by atoms with Crippen LogP contribution in [0.25, 0.3) is 0 Å². The van der Waals surface area contributed by atoms with Crippen molar-refractivity contribution in [2.75, 3.05) is 26.7 Å². The molecule has 1 heterocycles. The van der Waals surface area contributed by atoms with Crippen LogP contribution < -0.4 is 15.4 Å². The van der Waals surface area contributed by atoms with Gasteiger partial charge in [-0.3, -0.25) is 9.79 Å². The molecule has 1 saturated heterocycles. The predicted molar refractivity (Wildman–Crippen MR) is 133 cm³/mol. The van der Waals surface area contributed by atoms with Gasteiger partial charge in [-0.15, -0.1) is 24.0 Å². The Balaban J connectivity index is 0.00000341. The van der Waals surface area contributed by atoms with Crippen molar-refractivity contribution in [3.63, 3.8) is 0 Å². The molecular weight excluding hydrogens is 510 g/mol. The first-order chi connectivity index (χ1) is 14.5. The highest BCUT2D eigenvalue weighted by atomic mass is 127. The van der Waals surface area contributed by atoms with Gasteiger partial charge in [0, 0.05) is 32.6 Å². The summed E-state index contributed by atoms with van der Waals surface area (Å²) in [5, 5.41) is 6.63. The summed E-state index contributed by atoms with van der Waals surface area (Å²) < 4.78 is 20.0. The van der Waals surface area contributed by atoms with E-state index < -0.39 is 0 Å². The second-order valence-corrected chi connectivity index (χ2v) is 8.35. The van der Waals surface area contributed by atoms with Crippen LogP contribution in [0, 0.1) is 11.7 Å². The summed E-state index contributed by atoms with van der Waals surface area (Å²) in [6.07, 6.45) is 5.82. The van der Waals surface area contributed by atoms with Crippen LogP contribution in [0.5, 0.6) is 5.75 Å². The van der Waals surface area contributed by atoms with Gasteiger partial charge in [-0.1, -0.05) is 13.0 Å². The zero-order valence-corrected chi connectivity index (χ0v) is 21.2. The number of halogens is 2. The molecule has 1 amide bonds. The lowest BCUT2D eigenvalue weighted by Crippen LogP contribution is -2.42. The molecular formula is C23H36FIN4O2. The van der Waals surface area contributed by atoms with E-state index in [1.54, 1.807) is 13.1 Å². The van der Waals surface area contributed by atoms with Crippen LogP contribution in [0.1, 0.15) is 64.0 Å². The highest BCUT2D eigenvalue weighted by Crippen LogP contribution is 2.30. The first-order valence-electron chi connectivity index (χ1n) is 11.2. The minimum Gasteiger partial charge on any atom is -0.490 e. The van der Waals surface area contributed by atoms with Gasteiger partial charge in [-0.05, 0) is 62.6 Å². The van der Waals surface area contributed by atoms with Crippen LogP contribution in [-0.2, 0) is 4.79 Å². The average molecular weight is 546 g/mol. The smallest absolute Gasteiger partial charge is 0.222 e. The van der Waals surface area contributed by atoms with Gasteiger partial charge in [0.05, 0.1) is 12.6 Å². The number of nitrogens with one attached hydrogen (secondary N) is 2. The minimum absolute atomic E-state index is 0. The molecule has 2 fully saturated rings. The third-order valence-corrected chi connectivity index (χ3v) is 6.00. The van der Waals surface area contributed by atoms with Gasteiger partial charge in [0.2, 0.25) is 5.91 Å². The van der Waals surface area contributed by atoms with E-state index in [1.165, 1.54) is 18.9 Å². The lowest BCUT2D eigenvalue weighted by molar-refractivity contribution is -0.129. The summed E-state index contributed by atoms with van der Waals surface area (Å²) in [5.74, 6) is 1.52. The zero-order valence-electron chi connectivity index (χ0n) is 18.8. The molecule has 0 radical (unpaired) electrons. The summed E-state index contributed by atoms with van der Waals surface area (Å²) in [6, 6.07) is 5.28. The summed E-state index contributed by atoms with van der Waals surface area (Å²) in [7, 11) is 1.72. The fraction of sp³-hybridized carbons (Fsp3) is 0.652. The molecule has 1 aliphatic heterocycles. The number of hydrogen-bond acceptors (Lipinski definition) is 3. The van der Waals surface area contributed by atoms with Gasteiger partial charge in [0.25, 0.3) is 0 Å². The van der Waals surface area contributed by atoms with E-state index in [2.05, 4.69) is 22.5 Å². The van der Waals surface area contributed by atoms with Crippen molar-refractivity contribution in [3.05, 3.63) is 29.6 Å². The van der Waals surface area contributed by atoms with Crippen molar-refractivity contribution >= 4 is 35.8 Å². The van der Waals surface area contributed by atoms with E-state index in [0.717, 1.165) is 37.9 Å². The fourth-order valence-corrected chi connectivity index (χ4v) is 3.87. The Morgan fingerprint density at radius 1 is 1.39 bits per heavy atom. The highest BCUT2D eigenvalue weighted by Gasteiger charge is 2.26. The molecule has 0 spiro atoms. The van der Waals surface area contributed by atoms with Crippen molar-refractivity contribution < 1.29 is 13.9 Å². The maximum Gasteiger partial charge on any atom is 0.222 e. The normalized spacial score (nSPS) is 18.4. The summed E-state index contributed by atoms with van der Waals surface area (Å²) in [4.78, 5) is 18.3. The van der Waals surface area contributed by atoms with Crippen LogP contribution in [0.15, 0.2) is 23.2 Å². The number of amides is 1. The molecule has 8 heteroatoms. The number of rotatable bonds is 10. The van der Waals surface area contributed by atoms with Crippen LogP contribution in [-0.4, -0.2) is 49.6 Å². The number of benzene rings is 1. The Morgan fingerprint density at radius 2 is 2.16 bits per heavy atom. The van der Waals surface area contributed by atoms with E-state index in [0.29, 0.717) is 30.7 Å². The number of guanidine groups is 1. The lowest BCUT2D eigenvalue weighted by Gasteiger charge is -2.27. The highest BCUT2D eigenvalue weighted by molar-refractivity contribution is 14.0. The van der Waals surface area contributed by atoms with E-state index in [9.17, 15) is 9.18 Å². The Morgan fingerprint density at radius 3 is 2.74 bits per heavy atom. The molecule has 1 aliphatic carbocycles. The van der Waals surface area contributed by atoms with Crippen molar-refractivity contribution in [3.8, 4) is 5.75 Å². The third-order valence-electron chi connectivity index (χ3n) is 6.00. The SMILES string of the molecule is CCC(CCNC(=NC)NC(C)c1ccc(OCC2CC2)c(F)c1)N1CCCC1=O.I. The van der Waals surface area contributed by atoms with Gasteiger partial charge in [-0.2, -0.15) is 0 Å². The standard InChI is InChI=1S/C23H35FN4O2.HI/c1-4-19(28-13-5-6-22(28)29)11-12-26-23(25-3)27-16(2)18-9-10-21(20(24)14-18)30-15-17-7-8-17;/h9-10,14,16-17,19H,4-8,11-13,15H2,1-3H3,(H2,25,26,27);1H. The monoisotopic (exact) mass is 546 g/mol. The number of carbonyl (C=O) groups excluding carboxylic acids is 1. The third kappa shape index (κ3) is 7.50. The Hall–Kier alpha value is -1.58. The van der Waals surface area contributed by atoms with Gasteiger partial charge in [-0.25, -0.2) is 4.39 Å². The average Bonchev–Trinajstić information content (AvgIpc) is 3.48. The summed E-state index contributed by atoms with van der Waals surface area (Å²) in [6.45, 7) is 6.29. The first-order valence-corrected chi connectivity index (χ1v) is 11.2. The van der Waals surface area contributed by atoms with Crippen LogP contribution in [0.2, 0.25) is 0 Å². The summed E-state index contributed by atoms with van der Waals surface area (Å²) in [5.41, 5.74) is 0.836. The molecule has 1 aromatic rings. The molecule has 0 bridgehead atoms. The number of ether oxygens (including phenoxy) is 1. The number of hydrogen-bond donors (Lipinski definition) is 2. The van der Waals surface area contributed by atoms with E-state index in [-0.39, 0.29) is 47.8 Å². The maximum atomic E-state index is 14.4. The number of nitrogens with zero attached hydrogens (tertiary/aromatic N) is 2. The molecule has 3 rings (SSSR count). The Kier molecular flexibility index (Phi) is 10.3. The van der Waals surface area contributed by atoms with Crippen molar-refractivity contribution in [2.24, 2.45) is 10.9 Å². The minimum atomic E-state index is -0.328. The molecule has 2 N–H and O–H groups in total. The molecule has 174 valence electrons. The van der Waals surface area contributed by atoms with Gasteiger partial charge < -0.3 is 20.3 Å². The van der Waals surface area contributed by atoms with E-state index in [4.69, 9.17) is 4.74 Å². The fourth-order valence-electron chi connectivity index (χ4n) is 3.87. The van der Waals surface area contributed by atoms with E-state index >= 15 is 0 Å². The second kappa shape index (κ2) is 12.5. The topological polar surface area (TPSA) is 66.0 Å². The number of aliphatic imine (C=N–C) groups is 1. The van der Waals surface area contributed by atoms with Crippen molar-refractivity contribution in [1.82, 2.24) is 15.5 Å². The molecule has 31 heavy (non-hydrogen) atoms. The predicted octanol–water partition coefficient (Wildman–Crippen LogP) is 4.25. The Bertz CT molecular complexity index is 757. The molecule has 2 aliphatic rings. The lowest BCUT2D eigenvalue weighted by atomic mass is 10.1. The number of likely N-dealkylation sites (tertiary alicyclic amines) is 1. The molecule has 2 atom stereocenters. The van der Waals surface area contributed by atoms with Crippen LogP contribution in [0.4, 0.5) is 4.39 Å². The molecule has 0 aromatic heterocycles. The summed E-state index contributed by atoms with van der Waals surface area (Å²) >= 11 is 0. The van der Waals surface area contributed by atoms with Gasteiger partial charge >= 0.3 is 0 Å². The molecule has 1 aromatic carbocycles. The number of carbonyl (C=O) groups is 1. The Labute approximate surface area is 202 Å². The maximum absolute atomic E-state index is 14.4. The van der Waals surface area contributed by atoms with Crippen LogP contribution >= 0.6 is 24.0 Å². The van der Waals surface area contributed by atoms with Gasteiger partial charge in [0.15, 0.2) is 17.5 Å². The zero-order chi connectivity index (χ0) is 21.5. The van der Waals surface area contributed by atoms with Gasteiger partial charge in [0.1, 0.15) is 0 Å². The van der Waals surface area contributed by atoms with Crippen molar-refractivity contribution in [1.29, 1.82) is 0 Å².